The summed E-state index contributed by atoms with van der Waals surface area (Å²) in [6, 6.07) is 4.87. The maximum absolute atomic E-state index is 12.4. The van der Waals surface area contributed by atoms with Gasteiger partial charge in [-0.2, -0.15) is 0 Å². The SMILES string of the molecule is COc1cccc(C=O)c1OCC(=O)Nc1sc2c(c1C(N)=O)CCCC2. The zero-order valence-corrected chi connectivity index (χ0v) is 15.7. The molecule has 0 radical (unpaired) electrons. The number of nitrogens with two attached hydrogens (primary N) is 1. The number of benzene rings is 1. The van der Waals surface area contributed by atoms with Gasteiger partial charge in [-0.25, -0.2) is 0 Å². The van der Waals surface area contributed by atoms with Crippen LogP contribution in [-0.2, 0) is 17.6 Å². The Hall–Kier alpha value is -2.87. The van der Waals surface area contributed by atoms with Gasteiger partial charge in [0.25, 0.3) is 11.8 Å². The van der Waals surface area contributed by atoms with Crippen LogP contribution in [0.1, 0.15) is 44.0 Å². The Morgan fingerprint density at radius 1 is 1.30 bits per heavy atom. The number of thiophene rings is 1. The van der Waals surface area contributed by atoms with Gasteiger partial charge >= 0.3 is 0 Å². The lowest BCUT2D eigenvalue weighted by molar-refractivity contribution is -0.118. The van der Waals surface area contributed by atoms with E-state index in [1.165, 1.54) is 18.4 Å². The number of anilines is 1. The van der Waals surface area contributed by atoms with Crippen LogP contribution < -0.4 is 20.5 Å². The minimum Gasteiger partial charge on any atom is -0.493 e. The molecule has 0 atom stereocenters. The Kier molecular flexibility index (Phi) is 5.75. The molecule has 0 saturated heterocycles. The van der Waals surface area contributed by atoms with Crippen LogP contribution in [0, 0.1) is 0 Å². The van der Waals surface area contributed by atoms with E-state index in [2.05, 4.69) is 5.32 Å². The first-order valence-electron chi connectivity index (χ1n) is 8.54. The van der Waals surface area contributed by atoms with E-state index in [1.54, 1.807) is 18.2 Å². The van der Waals surface area contributed by atoms with Crippen molar-refractivity contribution >= 4 is 34.4 Å². The summed E-state index contributed by atoms with van der Waals surface area (Å²) < 4.78 is 10.7. The number of carbonyl (C=O) groups is 3. The number of hydrogen-bond acceptors (Lipinski definition) is 6. The summed E-state index contributed by atoms with van der Waals surface area (Å²) in [6.45, 7) is -0.331. The van der Waals surface area contributed by atoms with Crippen LogP contribution in [0.5, 0.6) is 11.5 Å². The van der Waals surface area contributed by atoms with Gasteiger partial charge in [-0.15, -0.1) is 11.3 Å². The van der Waals surface area contributed by atoms with Crippen LogP contribution in [0.3, 0.4) is 0 Å². The maximum atomic E-state index is 12.4. The summed E-state index contributed by atoms with van der Waals surface area (Å²) in [6.07, 6.45) is 4.37. The zero-order chi connectivity index (χ0) is 19.4. The lowest BCUT2D eigenvalue weighted by Gasteiger charge is -2.12. The van der Waals surface area contributed by atoms with Crippen molar-refractivity contribution < 1.29 is 23.9 Å². The molecule has 1 aromatic heterocycles. The van der Waals surface area contributed by atoms with E-state index in [1.807, 2.05) is 0 Å². The first kappa shape index (κ1) is 18.9. The molecular formula is C19H20N2O5S. The highest BCUT2D eigenvalue weighted by molar-refractivity contribution is 7.17. The van der Waals surface area contributed by atoms with E-state index in [4.69, 9.17) is 15.2 Å². The number of rotatable bonds is 7. The molecule has 1 aromatic carbocycles. The third kappa shape index (κ3) is 3.95. The number of ether oxygens (including phenoxy) is 2. The van der Waals surface area contributed by atoms with Gasteiger partial charge in [-0.05, 0) is 43.4 Å². The summed E-state index contributed by atoms with van der Waals surface area (Å²) in [4.78, 5) is 36.5. The first-order chi connectivity index (χ1) is 13.0. The minimum atomic E-state index is -0.543. The van der Waals surface area contributed by atoms with Crippen molar-refractivity contribution in [3.63, 3.8) is 0 Å². The van der Waals surface area contributed by atoms with Crippen molar-refractivity contribution in [2.24, 2.45) is 5.73 Å². The summed E-state index contributed by atoms with van der Waals surface area (Å²) in [5.41, 5.74) is 7.16. The summed E-state index contributed by atoms with van der Waals surface area (Å²) in [7, 11) is 1.45. The largest absolute Gasteiger partial charge is 0.493 e. The fourth-order valence-electron chi connectivity index (χ4n) is 3.16. The normalized spacial score (nSPS) is 12.8. The van der Waals surface area contributed by atoms with Crippen LogP contribution in [0.4, 0.5) is 5.00 Å². The Balaban J connectivity index is 1.75. The van der Waals surface area contributed by atoms with Crippen molar-refractivity contribution in [3.05, 3.63) is 39.8 Å². The number of aldehydes is 1. The topological polar surface area (TPSA) is 108 Å². The minimum absolute atomic E-state index is 0.200. The van der Waals surface area contributed by atoms with E-state index in [-0.39, 0.29) is 17.9 Å². The van der Waals surface area contributed by atoms with Gasteiger partial charge < -0.3 is 20.5 Å². The van der Waals surface area contributed by atoms with E-state index < -0.39 is 11.8 Å². The van der Waals surface area contributed by atoms with E-state index in [0.717, 1.165) is 36.1 Å². The monoisotopic (exact) mass is 388 g/mol. The Bertz CT molecular complexity index is 890. The van der Waals surface area contributed by atoms with Gasteiger partial charge in [0.2, 0.25) is 0 Å². The molecule has 0 aliphatic heterocycles. The van der Waals surface area contributed by atoms with Gasteiger partial charge in [-0.1, -0.05) is 6.07 Å². The van der Waals surface area contributed by atoms with Crippen molar-refractivity contribution in [1.82, 2.24) is 0 Å². The average Bonchev–Trinajstić information content (AvgIpc) is 3.03. The summed E-state index contributed by atoms with van der Waals surface area (Å²) in [5.74, 6) is -0.431. The second-order valence-corrected chi connectivity index (χ2v) is 7.22. The third-order valence-corrected chi connectivity index (χ3v) is 5.58. The molecule has 2 aromatic rings. The molecule has 1 aliphatic rings. The third-order valence-electron chi connectivity index (χ3n) is 4.37. The van der Waals surface area contributed by atoms with Crippen LogP contribution in [0.15, 0.2) is 18.2 Å². The maximum Gasteiger partial charge on any atom is 0.262 e. The van der Waals surface area contributed by atoms with Crippen molar-refractivity contribution in [3.8, 4) is 11.5 Å². The molecule has 0 saturated carbocycles. The number of aryl methyl sites for hydroxylation is 1. The fourth-order valence-corrected chi connectivity index (χ4v) is 4.47. The van der Waals surface area contributed by atoms with E-state index >= 15 is 0 Å². The highest BCUT2D eigenvalue weighted by atomic mass is 32.1. The van der Waals surface area contributed by atoms with Gasteiger partial charge in [0, 0.05) is 4.88 Å². The van der Waals surface area contributed by atoms with Gasteiger partial charge in [0.15, 0.2) is 24.4 Å². The van der Waals surface area contributed by atoms with Crippen LogP contribution in [0.25, 0.3) is 0 Å². The molecule has 0 fully saturated rings. The van der Waals surface area contributed by atoms with Crippen LogP contribution in [-0.4, -0.2) is 31.8 Å². The Morgan fingerprint density at radius 2 is 2.07 bits per heavy atom. The quantitative estimate of drug-likeness (QED) is 0.709. The molecular weight excluding hydrogens is 368 g/mol. The molecule has 0 unspecified atom stereocenters. The van der Waals surface area contributed by atoms with Gasteiger partial charge in [0.1, 0.15) is 5.00 Å². The predicted molar refractivity (Wildman–Crippen MR) is 102 cm³/mol. The Morgan fingerprint density at radius 3 is 2.78 bits per heavy atom. The highest BCUT2D eigenvalue weighted by Gasteiger charge is 2.25. The predicted octanol–water partition coefficient (Wildman–Crippen LogP) is 2.56. The molecule has 27 heavy (non-hydrogen) atoms. The molecule has 0 spiro atoms. The zero-order valence-electron chi connectivity index (χ0n) is 14.9. The lowest BCUT2D eigenvalue weighted by Crippen LogP contribution is -2.23. The van der Waals surface area contributed by atoms with Gasteiger partial charge in [0.05, 0.1) is 18.2 Å². The number of fused-ring (bicyclic) bond motifs is 1. The van der Waals surface area contributed by atoms with Crippen molar-refractivity contribution in [2.45, 2.75) is 25.7 Å². The number of nitrogens with one attached hydrogen (secondary N) is 1. The molecule has 1 heterocycles. The standard InChI is InChI=1S/C19H20N2O5S/c1-25-13-7-4-5-11(9-22)17(13)26-10-15(23)21-19-16(18(20)24)12-6-2-3-8-14(12)27-19/h4-5,7,9H,2-3,6,8,10H2,1H3,(H2,20,24)(H,21,23). The first-order valence-corrected chi connectivity index (χ1v) is 9.36. The number of amides is 2. The van der Waals surface area contributed by atoms with E-state index in [0.29, 0.717) is 22.6 Å². The Labute approximate surface area is 160 Å². The molecule has 0 bridgehead atoms. The van der Waals surface area contributed by atoms with Crippen molar-refractivity contribution in [2.75, 3.05) is 19.0 Å². The van der Waals surface area contributed by atoms with Gasteiger partial charge in [-0.3, -0.25) is 14.4 Å². The molecule has 3 rings (SSSR count). The van der Waals surface area contributed by atoms with E-state index in [9.17, 15) is 14.4 Å². The molecule has 7 nitrogen and oxygen atoms in total. The molecule has 142 valence electrons. The number of methoxy groups -OCH3 is 1. The number of carbonyl (C=O) groups excluding carboxylic acids is 3. The molecule has 8 heteroatoms. The highest BCUT2D eigenvalue weighted by Crippen LogP contribution is 2.38. The number of hydrogen-bond donors (Lipinski definition) is 2. The number of para-hydroxylation sites is 1. The van der Waals surface area contributed by atoms with Crippen LogP contribution >= 0.6 is 11.3 Å². The van der Waals surface area contributed by atoms with Crippen molar-refractivity contribution in [1.29, 1.82) is 0 Å². The smallest absolute Gasteiger partial charge is 0.262 e. The second kappa shape index (κ2) is 8.22. The molecule has 3 N–H and O–H groups in total. The molecule has 1 aliphatic carbocycles. The summed E-state index contributed by atoms with van der Waals surface area (Å²) in [5, 5.41) is 3.18. The second-order valence-electron chi connectivity index (χ2n) is 6.11. The average molecular weight is 388 g/mol. The van der Waals surface area contributed by atoms with Crippen LogP contribution in [0.2, 0.25) is 0 Å². The number of primary amides is 1. The summed E-state index contributed by atoms with van der Waals surface area (Å²) >= 11 is 1.39. The molecule has 2 amide bonds. The fraction of sp³-hybridized carbons (Fsp3) is 0.316. The lowest BCUT2D eigenvalue weighted by atomic mass is 9.95.